The highest BCUT2D eigenvalue weighted by molar-refractivity contribution is 9.10. The number of halogens is 1. The minimum Gasteiger partial charge on any atom is -0.496 e. The van der Waals surface area contributed by atoms with Gasteiger partial charge in [0, 0.05) is 12.6 Å². The molecule has 0 atom stereocenters. The van der Waals surface area contributed by atoms with Gasteiger partial charge in [-0.15, -0.1) is 0 Å². The Kier molecular flexibility index (Phi) is 3.65. The lowest BCUT2D eigenvalue weighted by atomic mass is 9.93. The molecule has 1 saturated carbocycles. The van der Waals surface area contributed by atoms with Crippen molar-refractivity contribution in [2.45, 2.75) is 31.8 Å². The van der Waals surface area contributed by atoms with E-state index in [9.17, 15) is 0 Å². The number of rotatable bonds is 4. The Morgan fingerprint density at radius 2 is 2.27 bits per heavy atom. The third-order valence-corrected chi connectivity index (χ3v) is 3.57. The molecule has 0 aliphatic heterocycles. The second-order valence-corrected chi connectivity index (χ2v) is 4.83. The SMILES string of the molecule is COc1cc(CNC2CCC2)ccc1Br. The molecule has 2 nitrogen and oxygen atoms in total. The highest BCUT2D eigenvalue weighted by Gasteiger charge is 2.16. The van der Waals surface area contributed by atoms with E-state index in [1.807, 2.05) is 6.07 Å². The first-order valence-corrected chi connectivity index (χ1v) is 6.14. The highest BCUT2D eigenvalue weighted by atomic mass is 79.9. The summed E-state index contributed by atoms with van der Waals surface area (Å²) in [4.78, 5) is 0. The fourth-order valence-electron chi connectivity index (χ4n) is 1.69. The van der Waals surface area contributed by atoms with Gasteiger partial charge in [0.25, 0.3) is 0 Å². The van der Waals surface area contributed by atoms with Crippen LogP contribution in [0.3, 0.4) is 0 Å². The molecule has 1 aromatic carbocycles. The zero-order valence-electron chi connectivity index (χ0n) is 8.92. The van der Waals surface area contributed by atoms with Crippen LogP contribution in [-0.2, 0) is 6.54 Å². The molecule has 0 saturated heterocycles. The Labute approximate surface area is 99.1 Å². The van der Waals surface area contributed by atoms with Crippen molar-refractivity contribution in [1.82, 2.24) is 5.32 Å². The summed E-state index contributed by atoms with van der Waals surface area (Å²) in [5.74, 6) is 0.905. The number of benzene rings is 1. The molecule has 1 aliphatic carbocycles. The molecule has 1 aliphatic rings. The minimum atomic E-state index is 0.736. The monoisotopic (exact) mass is 269 g/mol. The Hall–Kier alpha value is -0.540. The van der Waals surface area contributed by atoms with E-state index in [0.29, 0.717) is 0 Å². The van der Waals surface area contributed by atoms with Crippen molar-refractivity contribution < 1.29 is 4.74 Å². The van der Waals surface area contributed by atoms with Gasteiger partial charge in [-0.05, 0) is 46.5 Å². The van der Waals surface area contributed by atoms with E-state index in [4.69, 9.17) is 4.74 Å². The van der Waals surface area contributed by atoms with Gasteiger partial charge in [0.1, 0.15) is 5.75 Å². The lowest BCUT2D eigenvalue weighted by Gasteiger charge is -2.26. The van der Waals surface area contributed by atoms with E-state index >= 15 is 0 Å². The second-order valence-electron chi connectivity index (χ2n) is 3.98. The van der Waals surface area contributed by atoms with Crippen LogP contribution < -0.4 is 10.1 Å². The zero-order valence-corrected chi connectivity index (χ0v) is 10.5. The number of ether oxygens (including phenoxy) is 1. The summed E-state index contributed by atoms with van der Waals surface area (Å²) >= 11 is 3.45. The van der Waals surface area contributed by atoms with Crippen molar-refractivity contribution in [2.24, 2.45) is 0 Å². The largest absolute Gasteiger partial charge is 0.496 e. The summed E-state index contributed by atoms with van der Waals surface area (Å²) in [6.45, 7) is 0.939. The van der Waals surface area contributed by atoms with Crippen molar-refractivity contribution >= 4 is 15.9 Å². The molecule has 1 N–H and O–H groups in total. The van der Waals surface area contributed by atoms with Crippen molar-refractivity contribution in [3.8, 4) is 5.75 Å². The summed E-state index contributed by atoms with van der Waals surface area (Å²) in [5.41, 5.74) is 1.28. The van der Waals surface area contributed by atoms with Gasteiger partial charge in [0.2, 0.25) is 0 Å². The third-order valence-electron chi connectivity index (χ3n) is 2.92. The average molecular weight is 270 g/mol. The van der Waals surface area contributed by atoms with Crippen molar-refractivity contribution in [1.29, 1.82) is 0 Å². The molecule has 2 rings (SSSR count). The van der Waals surface area contributed by atoms with Crippen molar-refractivity contribution in [3.05, 3.63) is 28.2 Å². The number of hydrogen-bond donors (Lipinski definition) is 1. The van der Waals surface area contributed by atoms with E-state index in [2.05, 4.69) is 33.4 Å². The Bertz CT molecular complexity index is 336. The van der Waals surface area contributed by atoms with E-state index in [1.165, 1.54) is 24.8 Å². The first kappa shape index (κ1) is 11.0. The fourth-order valence-corrected chi connectivity index (χ4v) is 2.10. The summed E-state index contributed by atoms with van der Waals surface area (Å²) < 4.78 is 6.27. The molecule has 0 unspecified atom stereocenters. The molecule has 82 valence electrons. The van der Waals surface area contributed by atoms with E-state index in [-0.39, 0.29) is 0 Å². The van der Waals surface area contributed by atoms with Gasteiger partial charge < -0.3 is 10.1 Å². The molecule has 3 heteroatoms. The second kappa shape index (κ2) is 4.99. The summed E-state index contributed by atoms with van der Waals surface area (Å²) in [6.07, 6.45) is 4.03. The Morgan fingerprint density at radius 1 is 1.47 bits per heavy atom. The van der Waals surface area contributed by atoms with Crippen molar-refractivity contribution in [3.63, 3.8) is 0 Å². The maximum atomic E-state index is 5.26. The van der Waals surface area contributed by atoms with E-state index in [0.717, 1.165) is 22.8 Å². The Morgan fingerprint density at radius 3 is 2.87 bits per heavy atom. The van der Waals surface area contributed by atoms with Gasteiger partial charge in [-0.3, -0.25) is 0 Å². The van der Waals surface area contributed by atoms with Crippen LogP contribution in [0.15, 0.2) is 22.7 Å². The smallest absolute Gasteiger partial charge is 0.133 e. The number of hydrogen-bond acceptors (Lipinski definition) is 2. The predicted octanol–water partition coefficient (Wildman–Crippen LogP) is 3.10. The molecule has 15 heavy (non-hydrogen) atoms. The summed E-state index contributed by atoms with van der Waals surface area (Å²) in [5, 5.41) is 3.54. The minimum absolute atomic E-state index is 0.736. The van der Waals surface area contributed by atoms with Crippen LogP contribution in [-0.4, -0.2) is 13.2 Å². The fraction of sp³-hybridized carbons (Fsp3) is 0.500. The Balaban J connectivity index is 1.95. The molecular formula is C12H16BrNO. The van der Waals surface area contributed by atoms with Gasteiger partial charge in [0.15, 0.2) is 0 Å². The van der Waals surface area contributed by atoms with Crippen LogP contribution in [0.5, 0.6) is 5.75 Å². The van der Waals surface area contributed by atoms with E-state index in [1.54, 1.807) is 7.11 Å². The van der Waals surface area contributed by atoms with Gasteiger partial charge in [-0.2, -0.15) is 0 Å². The number of methoxy groups -OCH3 is 1. The molecule has 0 spiro atoms. The molecule has 0 heterocycles. The lowest BCUT2D eigenvalue weighted by molar-refractivity contribution is 0.338. The maximum absolute atomic E-state index is 5.26. The van der Waals surface area contributed by atoms with Crippen LogP contribution in [0.25, 0.3) is 0 Å². The summed E-state index contributed by atoms with van der Waals surface area (Å²) in [7, 11) is 1.70. The quantitative estimate of drug-likeness (QED) is 0.907. The first-order chi connectivity index (χ1) is 7.29. The lowest BCUT2D eigenvalue weighted by Crippen LogP contribution is -2.34. The molecule has 0 radical (unpaired) electrons. The number of nitrogens with one attached hydrogen (secondary N) is 1. The van der Waals surface area contributed by atoms with E-state index < -0.39 is 0 Å². The van der Waals surface area contributed by atoms with Crippen LogP contribution in [0.2, 0.25) is 0 Å². The average Bonchev–Trinajstić information content (AvgIpc) is 2.18. The van der Waals surface area contributed by atoms with Crippen LogP contribution in [0.1, 0.15) is 24.8 Å². The van der Waals surface area contributed by atoms with Crippen LogP contribution >= 0.6 is 15.9 Å². The third kappa shape index (κ3) is 2.73. The van der Waals surface area contributed by atoms with Crippen molar-refractivity contribution in [2.75, 3.05) is 7.11 Å². The normalized spacial score (nSPS) is 16.1. The zero-order chi connectivity index (χ0) is 10.7. The highest BCUT2D eigenvalue weighted by Crippen LogP contribution is 2.26. The molecule has 0 amide bonds. The summed E-state index contributed by atoms with van der Waals surface area (Å²) in [6, 6.07) is 6.98. The van der Waals surface area contributed by atoms with Gasteiger partial charge in [-0.1, -0.05) is 12.5 Å². The van der Waals surface area contributed by atoms with Gasteiger partial charge in [0.05, 0.1) is 11.6 Å². The van der Waals surface area contributed by atoms with Crippen LogP contribution in [0.4, 0.5) is 0 Å². The standard InChI is InChI=1S/C12H16BrNO/c1-15-12-7-9(5-6-11(12)13)8-14-10-3-2-4-10/h5-7,10,14H,2-4,8H2,1H3. The first-order valence-electron chi connectivity index (χ1n) is 5.35. The van der Waals surface area contributed by atoms with Gasteiger partial charge >= 0.3 is 0 Å². The van der Waals surface area contributed by atoms with Crippen LogP contribution in [0, 0.1) is 0 Å². The van der Waals surface area contributed by atoms with Gasteiger partial charge in [-0.25, -0.2) is 0 Å². The molecule has 1 aromatic rings. The predicted molar refractivity (Wildman–Crippen MR) is 65.2 cm³/mol. The molecule has 0 bridgehead atoms. The molecular weight excluding hydrogens is 254 g/mol. The topological polar surface area (TPSA) is 21.3 Å². The molecule has 0 aromatic heterocycles. The maximum Gasteiger partial charge on any atom is 0.133 e. The molecule has 1 fully saturated rings.